The third-order valence-electron chi connectivity index (χ3n) is 0.251. The third-order valence-corrected chi connectivity index (χ3v) is 0.251. The van der Waals surface area contributed by atoms with E-state index < -0.39 is 0 Å². The van der Waals surface area contributed by atoms with Crippen molar-refractivity contribution in [1.29, 1.82) is 0 Å². The summed E-state index contributed by atoms with van der Waals surface area (Å²) in [6.45, 7) is 0. The van der Waals surface area contributed by atoms with Gasteiger partial charge in [0.05, 0.1) is 0 Å². The summed E-state index contributed by atoms with van der Waals surface area (Å²) in [5.41, 5.74) is 0. The molecule has 0 aromatic carbocycles. The molecule has 0 saturated heterocycles. The Bertz CT molecular complexity index is 117. The van der Waals surface area contributed by atoms with Gasteiger partial charge in [0.1, 0.15) is 0 Å². The maximum atomic E-state index is 6.61. The topological polar surface area (TPSA) is 38.9 Å². The fourth-order valence-electron chi connectivity index (χ4n) is 0.118. The fraction of sp³-hybridized carbons (Fsp3) is 0. The zero-order chi connectivity index (χ0) is 4.41. The van der Waals surface area contributed by atoms with E-state index in [0.717, 1.165) is 7.13 Å². The van der Waals surface area contributed by atoms with Crippen LogP contribution in [0.2, 0.25) is 0 Å². The normalized spacial score (nSPS) is 10.0. The summed E-state index contributed by atoms with van der Waals surface area (Å²) in [5.74, 6) is 0. The van der Waals surface area contributed by atoms with Gasteiger partial charge in [-0.3, -0.25) is 0 Å². The van der Waals surface area contributed by atoms with Crippen molar-refractivity contribution in [3.8, 4) is 0 Å². The molecule has 0 aliphatic heterocycles. The van der Waals surface area contributed by atoms with Crippen LogP contribution in [0.4, 0.5) is 0 Å². The second-order valence-electron chi connectivity index (χ2n) is 0.534. The van der Waals surface area contributed by atoms with E-state index in [4.69, 9.17) is 1.37 Å². The van der Waals surface area contributed by atoms with Crippen LogP contribution in [0, 0.1) is 0 Å². The molecule has 1 rings (SSSR count). The molecule has 0 aliphatic carbocycles. The Labute approximate surface area is 30.6 Å². The monoisotopic (exact) mass is 69.0 g/mol. The summed E-state index contributed by atoms with van der Waals surface area (Å²) in [4.78, 5) is 0. The molecule has 0 saturated carbocycles. The predicted molar refractivity (Wildman–Crippen MR) is 15.6 cm³/mol. The SMILES string of the molecule is [2H]c1bonn1. The predicted octanol–water partition coefficient (Wildman–Crippen LogP) is -0.592. The van der Waals surface area contributed by atoms with E-state index in [9.17, 15) is 0 Å². The van der Waals surface area contributed by atoms with Crippen molar-refractivity contribution in [2.45, 2.75) is 0 Å². The van der Waals surface area contributed by atoms with Gasteiger partial charge in [0.15, 0.2) is 0 Å². The van der Waals surface area contributed by atoms with Gasteiger partial charge in [0.25, 0.3) is 0 Å². The molecular formula is CHBN2O. The van der Waals surface area contributed by atoms with Gasteiger partial charge in [-0.2, -0.15) is 0 Å². The van der Waals surface area contributed by atoms with Gasteiger partial charge in [-0.25, -0.2) is 0 Å². The molecule has 1 aromatic rings. The van der Waals surface area contributed by atoms with E-state index >= 15 is 0 Å². The molecule has 0 bridgehead atoms. The fourth-order valence-corrected chi connectivity index (χ4v) is 0.118. The van der Waals surface area contributed by atoms with Gasteiger partial charge in [-0.15, -0.1) is 0 Å². The van der Waals surface area contributed by atoms with Crippen LogP contribution in [0.5, 0.6) is 0 Å². The second-order valence-corrected chi connectivity index (χ2v) is 0.534. The molecule has 0 N–H and O–H groups in total. The van der Waals surface area contributed by atoms with Crippen LogP contribution in [-0.2, 0) is 0 Å². The molecule has 3 nitrogen and oxygen atoms in total. The summed E-state index contributed by atoms with van der Waals surface area (Å²) >= 11 is 0. The van der Waals surface area contributed by atoms with E-state index in [1.165, 1.54) is 0 Å². The summed E-state index contributed by atoms with van der Waals surface area (Å²) in [6, 6.07) is 0.0648. The van der Waals surface area contributed by atoms with Gasteiger partial charge in [-0.1, -0.05) is 0 Å². The van der Waals surface area contributed by atoms with Crippen LogP contribution in [-0.4, -0.2) is 17.5 Å². The number of hydrogen-bond acceptors (Lipinski definition) is 3. The second kappa shape index (κ2) is 0.968. The Morgan fingerprint density at radius 2 is 3.20 bits per heavy atom. The van der Waals surface area contributed by atoms with Crippen molar-refractivity contribution in [2.75, 3.05) is 0 Å². The van der Waals surface area contributed by atoms with Crippen LogP contribution >= 0.6 is 0 Å². The average molecular weight is 68.9 g/mol. The van der Waals surface area contributed by atoms with Crippen LogP contribution in [0.15, 0.2) is 10.5 Å². The van der Waals surface area contributed by atoms with E-state index in [1.807, 2.05) is 0 Å². The van der Waals surface area contributed by atoms with E-state index in [2.05, 4.69) is 14.8 Å². The summed E-state index contributed by atoms with van der Waals surface area (Å²) < 4.78 is 10.8. The van der Waals surface area contributed by atoms with Gasteiger partial charge in [0.2, 0.25) is 0 Å². The molecule has 0 aliphatic rings. The van der Waals surface area contributed by atoms with Crippen molar-refractivity contribution < 1.29 is 5.81 Å². The number of nitrogens with zero attached hydrogens (tertiary/aromatic N) is 2. The van der Waals surface area contributed by atoms with Crippen LogP contribution in [0.1, 0.15) is 1.37 Å². The van der Waals surface area contributed by atoms with Crippen molar-refractivity contribution in [3.63, 3.8) is 0 Å². The molecule has 24 valence electrons. The van der Waals surface area contributed by atoms with Crippen molar-refractivity contribution in [3.05, 3.63) is 6.07 Å². The van der Waals surface area contributed by atoms with E-state index in [-0.39, 0.29) is 6.07 Å². The first kappa shape index (κ1) is 1.69. The first-order valence-electron chi connectivity index (χ1n) is 1.63. The quantitative estimate of drug-likeness (QED) is 0.408. The molecule has 0 unspecified atom stereocenters. The number of hydrogen-bond donors (Lipinski definition) is 0. The van der Waals surface area contributed by atoms with Crippen LogP contribution in [0.25, 0.3) is 0 Å². The molecule has 0 spiro atoms. The minimum atomic E-state index is 0.0648. The van der Waals surface area contributed by atoms with Crippen LogP contribution < -0.4 is 0 Å². The molecule has 1 aromatic heterocycles. The summed E-state index contributed by atoms with van der Waals surface area (Å²) in [7, 11) is 1.15. The van der Waals surface area contributed by atoms with E-state index in [1.54, 1.807) is 0 Å². The molecule has 1 heterocycles. The minimum absolute atomic E-state index is 0.0648. The summed E-state index contributed by atoms with van der Waals surface area (Å²) in [6.07, 6.45) is 0. The number of aromatic nitrogens is 2. The van der Waals surface area contributed by atoms with Gasteiger partial charge >= 0.3 is 29.4 Å². The van der Waals surface area contributed by atoms with Crippen molar-refractivity contribution in [2.24, 2.45) is 0 Å². The molecular weight excluding hydrogens is 66.8 g/mol. The Balaban J connectivity index is 3.05. The van der Waals surface area contributed by atoms with Crippen molar-refractivity contribution >= 4 is 7.13 Å². The molecule has 4 heteroatoms. The average Bonchev–Trinajstić information content (AvgIpc) is 1.86. The zero-order valence-electron chi connectivity index (χ0n) is 3.38. The van der Waals surface area contributed by atoms with Gasteiger partial charge < -0.3 is 0 Å². The summed E-state index contributed by atoms with van der Waals surface area (Å²) in [5, 5.41) is 6.18. The van der Waals surface area contributed by atoms with Crippen molar-refractivity contribution in [1.82, 2.24) is 10.4 Å². The van der Waals surface area contributed by atoms with E-state index in [0.29, 0.717) is 0 Å². The molecule has 5 heavy (non-hydrogen) atoms. The molecule has 0 radical (unpaired) electrons. The van der Waals surface area contributed by atoms with Gasteiger partial charge in [-0.05, 0) is 0 Å². The maximum absolute atomic E-state index is 6.61. The zero-order valence-corrected chi connectivity index (χ0v) is 2.38. The molecule has 0 amide bonds. The Morgan fingerprint density at radius 3 is 3.40 bits per heavy atom. The molecule has 0 fully saturated rings. The first-order chi connectivity index (χ1) is 2.89. The standard InChI is InChI=1S/CHBN2O/c1-2-5-4-3-1/h1H/i1D. The Hall–Kier alpha value is -0.665. The first-order valence-corrected chi connectivity index (χ1v) is 1.13. The number of rotatable bonds is 0. The Kier molecular flexibility index (Phi) is 0.328. The Morgan fingerprint density at radius 1 is 2.20 bits per heavy atom. The van der Waals surface area contributed by atoms with Crippen LogP contribution in [0.3, 0.4) is 0 Å². The molecule has 0 atom stereocenters. The third kappa shape index (κ3) is 0.316. The van der Waals surface area contributed by atoms with Gasteiger partial charge in [0, 0.05) is 0 Å².